The molecule has 0 saturated heterocycles. The van der Waals surface area contributed by atoms with Gasteiger partial charge in [0, 0.05) is 12.2 Å². The summed E-state index contributed by atoms with van der Waals surface area (Å²) in [5.41, 5.74) is 0.981. The Labute approximate surface area is 87.3 Å². The summed E-state index contributed by atoms with van der Waals surface area (Å²) in [6.07, 6.45) is 2.30. The van der Waals surface area contributed by atoms with Crippen LogP contribution in [-0.2, 0) is 11.0 Å². The number of nitrogens with two attached hydrogens (primary N) is 1. The van der Waals surface area contributed by atoms with Crippen molar-refractivity contribution in [3.8, 4) is 0 Å². The van der Waals surface area contributed by atoms with E-state index in [4.69, 9.17) is 5.14 Å². The molecule has 3 nitrogen and oxygen atoms in total. The molecular formula is C10H16N2OS. The zero-order valence-corrected chi connectivity index (χ0v) is 9.14. The van der Waals surface area contributed by atoms with E-state index in [0.29, 0.717) is 4.90 Å². The molecule has 1 rings (SSSR count). The Morgan fingerprint density at radius 3 is 2.93 bits per heavy atom. The molecule has 0 amide bonds. The molecule has 0 fully saturated rings. The van der Waals surface area contributed by atoms with Crippen LogP contribution < -0.4 is 10.5 Å². The zero-order valence-electron chi connectivity index (χ0n) is 8.32. The molecule has 0 saturated carbocycles. The fraction of sp³-hybridized carbons (Fsp3) is 0.400. The predicted octanol–water partition coefficient (Wildman–Crippen LogP) is 1.88. The first-order valence-electron chi connectivity index (χ1n) is 4.74. The van der Waals surface area contributed by atoms with Crippen LogP contribution in [0.1, 0.15) is 19.8 Å². The van der Waals surface area contributed by atoms with Crippen LogP contribution >= 0.6 is 0 Å². The standard InChI is InChI=1S/C10H16N2OS/c1-2-3-7-12-9-5-4-6-10(8-9)14(11)13/h4-6,8,12H,2-3,7,11H2,1H3. The first kappa shape index (κ1) is 11.2. The summed E-state index contributed by atoms with van der Waals surface area (Å²) in [5, 5.41) is 8.53. The minimum absolute atomic E-state index is 0.659. The molecule has 4 heteroatoms. The lowest BCUT2D eigenvalue weighted by molar-refractivity contribution is 0.684. The molecule has 0 aliphatic rings. The second-order valence-electron chi connectivity index (χ2n) is 3.11. The number of nitrogens with one attached hydrogen (secondary N) is 1. The van der Waals surface area contributed by atoms with E-state index < -0.39 is 11.0 Å². The quantitative estimate of drug-likeness (QED) is 0.732. The van der Waals surface area contributed by atoms with Gasteiger partial charge in [0.25, 0.3) is 0 Å². The van der Waals surface area contributed by atoms with E-state index in [1.54, 1.807) is 6.07 Å². The van der Waals surface area contributed by atoms with E-state index in [-0.39, 0.29) is 0 Å². The van der Waals surface area contributed by atoms with Crippen molar-refractivity contribution in [1.29, 1.82) is 0 Å². The lowest BCUT2D eigenvalue weighted by atomic mass is 10.3. The highest BCUT2D eigenvalue weighted by molar-refractivity contribution is 7.82. The first-order valence-corrected chi connectivity index (χ1v) is 5.95. The zero-order chi connectivity index (χ0) is 10.4. The SMILES string of the molecule is CCCCNc1cccc(S(N)=O)c1. The molecule has 0 spiro atoms. The average Bonchev–Trinajstić information content (AvgIpc) is 2.19. The number of anilines is 1. The fourth-order valence-electron chi connectivity index (χ4n) is 1.14. The normalized spacial score (nSPS) is 12.4. The fourth-order valence-corrected chi connectivity index (χ4v) is 1.60. The molecule has 0 radical (unpaired) electrons. The third-order valence-electron chi connectivity index (χ3n) is 1.93. The van der Waals surface area contributed by atoms with Crippen molar-refractivity contribution in [3.05, 3.63) is 24.3 Å². The lowest BCUT2D eigenvalue weighted by Gasteiger charge is -2.06. The summed E-state index contributed by atoms with van der Waals surface area (Å²) in [4.78, 5) is 0.659. The third-order valence-corrected chi connectivity index (χ3v) is 2.64. The van der Waals surface area contributed by atoms with Gasteiger partial charge in [-0.25, -0.2) is 9.35 Å². The van der Waals surface area contributed by atoms with Crippen LogP contribution in [0.2, 0.25) is 0 Å². The monoisotopic (exact) mass is 212 g/mol. The van der Waals surface area contributed by atoms with Gasteiger partial charge < -0.3 is 5.32 Å². The van der Waals surface area contributed by atoms with Crippen LogP contribution in [0.25, 0.3) is 0 Å². The van der Waals surface area contributed by atoms with Crippen LogP contribution in [0.5, 0.6) is 0 Å². The number of unbranched alkanes of at least 4 members (excludes halogenated alkanes) is 1. The van der Waals surface area contributed by atoms with Gasteiger partial charge in [0.2, 0.25) is 0 Å². The first-order chi connectivity index (χ1) is 6.74. The predicted molar refractivity (Wildman–Crippen MR) is 60.4 cm³/mol. The van der Waals surface area contributed by atoms with Gasteiger partial charge in [-0.1, -0.05) is 19.4 Å². The Morgan fingerprint density at radius 1 is 1.50 bits per heavy atom. The Hall–Kier alpha value is -0.870. The smallest absolute Gasteiger partial charge is 0.122 e. The summed E-state index contributed by atoms with van der Waals surface area (Å²) in [6, 6.07) is 7.40. The Bertz CT molecular complexity index is 315. The number of hydrogen-bond acceptors (Lipinski definition) is 2. The Morgan fingerprint density at radius 2 is 2.29 bits per heavy atom. The molecule has 1 atom stereocenters. The van der Waals surface area contributed by atoms with Crippen LogP contribution in [0.15, 0.2) is 29.2 Å². The molecule has 1 aromatic carbocycles. The summed E-state index contributed by atoms with van der Waals surface area (Å²) in [6.45, 7) is 3.09. The molecule has 0 bridgehead atoms. The maximum Gasteiger partial charge on any atom is 0.122 e. The number of hydrogen-bond donors (Lipinski definition) is 2. The minimum Gasteiger partial charge on any atom is -0.385 e. The summed E-state index contributed by atoms with van der Waals surface area (Å²) in [5.74, 6) is 0. The van der Waals surface area contributed by atoms with E-state index in [2.05, 4.69) is 12.2 Å². The molecule has 1 unspecified atom stereocenters. The van der Waals surface area contributed by atoms with Crippen molar-refractivity contribution in [2.45, 2.75) is 24.7 Å². The highest BCUT2D eigenvalue weighted by Crippen LogP contribution is 2.12. The van der Waals surface area contributed by atoms with E-state index in [1.807, 2.05) is 18.2 Å². The maximum absolute atomic E-state index is 11.0. The van der Waals surface area contributed by atoms with Gasteiger partial charge in [-0.15, -0.1) is 0 Å². The molecular weight excluding hydrogens is 196 g/mol. The van der Waals surface area contributed by atoms with Crippen LogP contribution in [0.4, 0.5) is 5.69 Å². The van der Waals surface area contributed by atoms with Gasteiger partial charge in [0.05, 0.1) is 4.90 Å². The van der Waals surface area contributed by atoms with Crippen molar-refractivity contribution in [2.24, 2.45) is 5.14 Å². The van der Waals surface area contributed by atoms with Crippen molar-refractivity contribution in [2.75, 3.05) is 11.9 Å². The van der Waals surface area contributed by atoms with Crippen LogP contribution in [0, 0.1) is 0 Å². The van der Waals surface area contributed by atoms with Crippen molar-refractivity contribution < 1.29 is 4.21 Å². The molecule has 0 aliphatic carbocycles. The summed E-state index contributed by atoms with van der Waals surface area (Å²) < 4.78 is 11.0. The van der Waals surface area contributed by atoms with Gasteiger partial charge in [-0.2, -0.15) is 0 Å². The molecule has 0 aliphatic heterocycles. The van der Waals surface area contributed by atoms with Gasteiger partial charge in [-0.05, 0) is 24.6 Å². The Kier molecular flexibility index (Phi) is 4.62. The largest absolute Gasteiger partial charge is 0.385 e. The van der Waals surface area contributed by atoms with Crippen LogP contribution in [0.3, 0.4) is 0 Å². The lowest BCUT2D eigenvalue weighted by Crippen LogP contribution is -2.05. The highest BCUT2D eigenvalue weighted by atomic mass is 32.2. The summed E-state index contributed by atoms with van der Waals surface area (Å²) in [7, 11) is -1.39. The second-order valence-corrected chi connectivity index (χ2v) is 4.17. The maximum atomic E-state index is 11.0. The average molecular weight is 212 g/mol. The molecule has 0 aromatic heterocycles. The minimum atomic E-state index is -1.39. The molecule has 0 heterocycles. The van der Waals surface area contributed by atoms with E-state index in [0.717, 1.165) is 25.1 Å². The number of rotatable bonds is 5. The van der Waals surface area contributed by atoms with E-state index in [9.17, 15) is 4.21 Å². The highest BCUT2D eigenvalue weighted by Gasteiger charge is 1.98. The Balaban J connectivity index is 2.59. The van der Waals surface area contributed by atoms with Crippen molar-refractivity contribution in [1.82, 2.24) is 0 Å². The second kappa shape index (κ2) is 5.78. The van der Waals surface area contributed by atoms with Gasteiger partial charge in [-0.3, -0.25) is 0 Å². The third kappa shape index (κ3) is 3.47. The van der Waals surface area contributed by atoms with Gasteiger partial charge >= 0.3 is 0 Å². The van der Waals surface area contributed by atoms with E-state index >= 15 is 0 Å². The molecule has 78 valence electrons. The van der Waals surface area contributed by atoms with E-state index in [1.165, 1.54) is 0 Å². The summed E-state index contributed by atoms with van der Waals surface area (Å²) >= 11 is 0. The van der Waals surface area contributed by atoms with Gasteiger partial charge in [0.15, 0.2) is 0 Å². The van der Waals surface area contributed by atoms with Crippen molar-refractivity contribution in [3.63, 3.8) is 0 Å². The number of benzene rings is 1. The van der Waals surface area contributed by atoms with Crippen LogP contribution in [-0.4, -0.2) is 10.8 Å². The topological polar surface area (TPSA) is 55.1 Å². The molecule has 14 heavy (non-hydrogen) atoms. The van der Waals surface area contributed by atoms with Gasteiger partial charge in [0.1, 0.15) is 11.0 Å². The van der Waals surface area contributed by atoms with Crippen molar-refractivity contribution >= 4 is 16.7 Å². The molecule has 1 aromatic rings. The molecule has 3 N–H and O–H groups in total.